The average Bonchev–Trinajstić information content (AvgIpc) is 3.41. The van der Waals surface area contributed by atoms with Crippen LogP contribution in [0.4, 0.5) is 4.79 Å². The highest BCUT2D eigenvalue weighted by molar-refractivity contribution is 6.30. The summed E-state index contributed by atoms with van der Waals surface area (Å²) in [5.41, 5.74) is 2.38. The van der Waals surface area contributed by atoms with E-state index in [9.17, 15) is 4.79 Å². The molecule has 0 unspecified atom stereocenters. The van der Waals surface area contributed by atoms with Crippen molar-refractivity contribution in [2.24, 2.45) is 12.5 Å². The van der Waals surface area contributed by atoms with Gasteiger partial charge in [-0.05, 0) is 32.6 Å². The number of piperazine rings is 1. The Morgan fingerprint density at radius 3 is 2.47 bits per heavy atom. The zero-order chi connectivity index (χ0) is 22.0. The van der Waals surface area contributed by atoms with Crippen LogP contribution in [0.25, 0.3) is 0 Å². The molecule has 4 fully saturated rings. The minimum absolute atomic E-state index is 0.197. The lowest BCUT2D eigenvalue weighted by atomic mass is 9.57. The molecule has 0 bridgehead atoms. The van der Waals surface area contributed by atoms with Crippen molar-refractivity contribution < 1.29 is 4.79 Å². The minimum Gasteiger partial charge on any atom is -0.323 e. The van der Waals surface area contributed by atoms with Crippen LogP contribution in [-0.4, -0.2) is 85.0 Å². The van der Waals surface area contributed by atoms with E-state index in [1.165, 1.54) is 12.8 Å². The van der Waals surface area contributed by atoms with E-state index in [2.05, 4.69) is 20.2 Å². The first kappa shape index (κ1) is 20.5. The fourth-order valence-corrected chi connectivity index (χ4v) is 5.94. The van der Waals surface area contributed by atoms with E-state index in [0.717, 1.165) is 81.6 Å². The largest absolute Gasteiger partial charge is 0.323 e. The monoisotopic (exact) mass is 458 g/mol. The van der Waals surface area contributed by atoms with Gasteiger partial charge >= 0.3 is 6.03 Å². The van der Waals surface area contributed by atoms with Gasteiger partial charge in [-0.15, -0.1) is 0 Å². The molecular weight excluding hydrogens is 428 g/mol. The highest BCUT2D eigenvalue weighted by Crippen LogP contribution is 2.55. The number of carbonyl (C=O) groups is 1. The first-order chi connectivity index (χ1) is 15.4. The fourth-order valence-electron chi connectivity index (χ4n) is 5.71. The van der Waals surface area contributed by atoms with Crippen LogP contribution in [0, 0.1) is 12.3 Å². The third-order valence-corrected chi connectivity index (χ3v) is 8.30. The topological polar surface area (TPSA) is 86.2 Å². The van der Waals surface area contributed by atoms with E-state index in [1.54, 1.807) is 4.68 Å². The van der Waals surface area contributed by atoms with Gasteiger partial charge in [0, 0.05) is 75.7 Å². The second-order valence-electron chi connectivity index (χ2n) is 10.3. The van der Waals surface area contributed by atoms with Gasteiger partial charge in [0.1, 0.15) is 11.0 Å². The van der Waals surface area contributed by atoms with Crippen molar-refractivity contribution in [3.05, 3.63) is 28.1 Å². The number of hydrogen-bond donors (Lipinski definition) is 1. The Morgan fingerprint density at radius 2 is 1.84 bits per heavy atom. The molecule has 32 heavy (non-hydrogen) atoms. The van der Waals surface area contributed by atoms with Gasteiger partial charge in [-0.1, -0.05) is 11.6 Å². The van der Waals surface area contributed by atoms with Crippen LogP contribution >= 0.6 is 11.6 Å². The zero-order valence-electron chi connectivity index (χ0n) is 18.8. The van der Waals surface area contributed by atoms with Crippen LogP contribution in [0.15, 0.2) is 0 Å². The van der Waals surface area contributed by atoms with Gasteiger partial charge in [0.25, 0.3) is 0 Å². The Kier molecular flexibility index (Phi) is 4.77. The summed E-state index contributed by atoms with van der Waals surface area (Å²) < 4.78 is 1.73. The van der Waals surface area contributed by atoms with Gasteiger partial charge in [0.15, 0.2) is 5.82 Å². The lowest BCUT2D eigenvalue weighted by molar-refractivity contribution is -0.0581. The molecule has 2 saturated carbocycles. The van der Waals surface area contributed by atoms with E-state index in [-0.39, 0.29) is 6.03 Å². The molecular formula is C22H31ClN8O. The lowest BCUT2D eigenvalue weighted by Gasteiger charge is -2.59. The van der Waals surface area contributed by atoms with Crippen molar-refractivity contribution in [2.45, 2.75) is 51.0 Å². The molecule has 2 aliphatic carbocycles. The van der Waals surface area contributed by atoms with Gasteiger partial charge in [-0.25, -0.2) is 9.78 Å². The number of likely N-dealkylation sites (tertiary alicyclic amines) is 1. The van der Waals surface area contributed by atoms with E-state index >= 15 is 0 Å². The fraction of sp³-hybridized carbons (Fsp3) is 0.727. The molecule has 0 atom stereocenters. The predicted molar refractivity (Wildman–Crippen MR) is 120 cm³/mol. The summed E-state index contributed by atoms with van der Waals surface area (Å²) in [6.07, 6.45) is 4.70. The number of rotatable bonds is 4. The number of hydrogen-bond acceptors (Lipinski definition) is 5. The summed E-state index contributed by atoms with van der Waals surface area (Å²) >= 11 is 6.39. The zero-order valence-corrected chi connectivity index (χ0v) is 19.6. The quantitative estimate of drug-likeness (QED) is 0.760. The number of aromatic amines is 1. The van der Waals surface area contributed by atoms with Crippen LogP contribution < -0.4 is 0 Å². The van der Waals surface area contributed by atoms with Crippen LogP contribution in [0.1, 0.15) is 60.4 Å². The Hall–Kier alpha value is -2.13. The molecule has 4 aliphatic rings. The molecule has 4 heterocycles. The van der Waals surface area contributed by atoms with E-state index in [4.69, 9.17) is 16.6 Å². The number of H-pyrrole nitrogens is 1. The number of nitrogens with zero attached hydrogens (tertiary/aromatic N) is 7. The second-order valence-corrected chi connectivity index (χ2v) is 10.7. The molecule has 1 N–H and O–H groups in total. The van der Waals surface area contributed by atoms with E-state index in [1.807, 2.05) is 23.8 Å². The average molecular weight is 459 g/mol. The summed E-state index contributed by atoms with van der Waals surface area (Å²) in [5, 5.41) is 12.7. The molecule has 2 aliphatic heterocycles. The smallest absolute Gasteiger partial charge is 0.320 e. The highest BCUT2D eigenvalue weighted by atomic mass is 35.5. The maximum atomic E-state index is 13.0. The Balaban J connectivity index is 0.963. The first-order valence-electron chi connectivity index (χ1n) is 11.8. The van der Waals surface area contributed by atoms with E-state index in [0.29, 0.717) is 22.4 Å². The van der Waals surface area contributed by atoms with Crippen molar-refractivity contribution in [3.63, 3.8) is 0 Å². The Bertz CT molecular complexity index is 1020. The van der Waals surface area contributed by atoms with Crippen LogP contribution in [0.5, 0.6) is 0 Å². The van der Waals surface area contributed by atoms with E-state index < -0.39 is 0 Å². The summed E-state index contributed by atoms with van der Waals surface area (Å²) in [7, 11) is 1.87. The summed E-state index contributed by atoms with van der Waals surface area (Å²) in [4.78, 5) is 24.1. The Labute approximate surface area is 193 Å². The molecule has 10 heteroatoms. The molecule has 6 rings (SSSR count). The molecule has 172 valence electrons. The standard InChI is InChI=1S/C22H31ClN8O/c1-14-17(18(23)28(2)27-14)11-29-5-7-30(8-6-29)21(32)31-12-22(13-31)9-16(10-22)20-24-19(25-26-20)15-3-4-15/h15-16H,3-13H2,1-2H3,(H,24,25,26). The molecule has 0 radical (unpaired) electrons. The summed E-state index contributed by atoms with van der Waals surface area (Å²) in [5.74, 6) is 3.14. The summed E-state index contributed by atoms with van der Waals surface area (Å²) in [6, 6.07) is 0.197. The van der Waals surface area contributed by atoms with Gasteiger partial charge in [0.2, 0.25) is 0 Å². The normalized spacial score (nSPS) is 23.5. The number of aryl methyl sites for hydroxylation is 2. The predicted octanol–water partition coefficient (Wildman–Crippen LogP) is 2.49. The van der Waals surface area contributed by atoms with Gasteiger partial charge < -0.3 is 9.80 Å². The van der Waals surface area contributed by atoms with Crippen molar-refractivity contribution in [1.82, 2.24) is 39.7 Å². The summed E-state index contributed by atoms with van der Waals surface area (Å²) in [6.45, 7) is 7.82. The van der Waals surface area contributed by atoms with Crippen LogP contribution in [-0.2, 0) is 13.6 Å². The Morgan fingerprint density at radius 1 is 1.12 bits per heavy atom. The minimum atomic E-state index is 0.197. The molecule has 2 aromatic heterocycles. The molecule has 2 amide bonds. The molecule has 0 aromatic carbocycles. The maximum absolute atomic E-state index is 13.0. The van der Waals surface area contributed by atoms with Crippen LogP contribution in [0.3, 0.4) is 0 Å². The third-order valence-electron chi connectivity index (χ3n) is 7.83. The number of nitrogens with one attached hydrogen (secondary N) is 1. The van der Waals surface area contributed by atoms with Crippen molar-refractivity contribution in [3.8, 4) is 0 Å². The van der Waals surface area contributed by atoms with Crippen molar-refractivity contribution >= 4 is 17.6 Å². The highest BCUT2D eigenvalue weighted by Gasteiger charge is 2.55. The molecule has 9 nitrogen and oxygen atoms in total. The molecule has 2 aromatic rings. The van der Waals surface area contributed by atoms with Gasteiger partial charge in [0.05, 0.1) is 5.69 Å². The third kappa shape index (κ3) is 3.50. The van der Waals surface area contributed by atoms with Crippen molar-refractivity contribution in [2.75, 3.05) is 39.3 Å². The van der Waals surface area contributed by atoms with Gasteiger partial charge in [-0.2, -0.15) is 10.2 Å². The number of urea groups is 1. The molecule has 2 saturated heterocycles. The number of halogens is 1. The lowest BCUT2D eigenvalue weighted by Crippen LogP contribution is -2.66. The first-order valence-corrected chi connectivity index (χ1v) is 12.1. The number of carbonyl (C=O) groups excluding carboxylic acids is 1. The number of aromatic nitrogens is 5. The van der Waals surface area contributed by atoms with Gasteiger partial charge in [-0.3, -0.25) is 14.7 Å². The molecule has 1 spiro atoms. The maximum Gasteiger partial charge on any atom is 0.320 e. The second kappa shape index (κ2) is 7.45. The van der Waals surface area contributed by atoms with Crippen molar-refractivity contribution in [1.29, 1.82) is 0 Å². The number of amides is 2. The van der Waals surface area contributed by atoms with Crippen LogP contribution in [0.2, 0.25) is 5.15 Å². The SMILES string of the molecule is Cc1nn(C)c(Cl)c1CN1CCN(C(=O)N2CC3(CC(c4n[nH]c(C5CC5)n4)C3)C2)CC1.